The van der Waals surface area contributed by atoms with E-state index in [9.17, 15) is 25.5 Å². The van der Waals surface area contributed by atoms with E-state index in [-0.39, 0.29) is 34.6 Å². The molecule has 25 heavy (non-hydrogen) atoms. The third kappa shape index (κ3) is 3.59. The summed E-state index contributed by atoms with van der Waals surface area (Å²) in [4.78, 5) is 4.13. The van der Waals surface area contributed by atoms with Crippen molar-refractivity contribution in [1.82, 2.24) is 5.32 Å². The molecular formula is C17H16N2O6. The SMILES string of the molecule is Oc1ccc(CN/C=C2/N=C(c3ccc(O)c(O)c3)O[C@@H]2O)cc1O. The number of nitrogens with one attached hydrogen (secondary N) is 1. The van der Waals surface area contributed by atoms with Gasteiger partial charge in [0, 0.05) is 18.3 Å². The summed E-state index contributed by atoms with van der Waals surface area (Å²) in [6, 6.07) is 8.49. The Balaban J connectivity index is 1.70. The van der Waals surface area contributed by atoms with Gasteiger partial charge in [0.25, 0.3) is 0 Å². The van der Waals surface area contributed by atoms with Crippen molar-refractivity contribution in [1.29, 1.82) is 0 Å². The third-order valence-corrected chi connectivity index (χ3v) is 3.53. The Hall–Kier alpha value is -3.39. The summed E-state index contributed by atoms with van der Waals surface area (Å²) in [6.45, 7) is 0.328. The van der Waals surface area contributed by atoms with E-state index in [1.807, 2.05) is 0 Å². The molecule has 0 aromatic heterocycles. The molecule has 1 aliphatic heterocycles. The maximum atomic E-state index is 9.89. The molecule has 2 aromatic carbocycles. The van der Waals surface area contributed by atoms with E-state index in [4.69, 9.17) is 4.74 Å². The smallest absolute Gasteiger partial charge is 0.244 e. The van der Waals surface area contributed by atoms with Gasteiger partial charge in [-0.15, -0.1) is 0 Å². The maximum Gasteiger partial charge on any atom is 0.244 e. The molecule has 1 aliphatic rings. The van der Waals surface area contributed by atoms with Crippen molar-refractivity contribution in [2.75, 3.05) is 0 Å². The van der Waals surface area contributed by atoms with E-state index in [2.05, 4.69) is 10.3 Å². The molecule has 8 heteroatoms. The first-order valence-electron chi connectivity index (χ1n) is 7.34. The molecule has 1 heterocycles. The molecular weight excluding hydrogens is 328 g/mol. The van der Waals surface area contributed by atoms with Crippen molar-refractivity contribution < 1.29 is 30.3 Å². The first kappa shape index (κ1) is 16.5. The fourth-order valence-electron chi connectivity index (χ4n) is 2.21. The zero-order valence-corrected chi connectivity index (χ0v) is 12.9. The number of aliphatic hydroxyl groups excluding tert-OH is 1. The number of nitrogens with zero attached hydrogens (tertiary/aromatic N) is 1. The van der Waals surface area contributed by atoms with Crippen LogP contribution >= 0.6 is 0 Å². The average Bonchev–Trinajstić information content (AvgIpc) is 2.94. The molecule has 0 aliphatic carbocycles. The van der Waals surface area contributed by atoms with Crippen molar-refractivity contribution in [3.05, 3.63) is 59.4 Å². The van der Waals surface area contributed by atoms with Gasteiger partial charge in [0.05, 0.1) is 0 Å². The van der Waals surface area contributed by atoms with Crippen molar-refractivity contribution in [2.24, 2.45) is 4.99 Å². The van der Waals surface area contributed by atoms with E-state index in [1.54, 1.807) is 6.07 Å². The number of phenols is 4. The average molecular weight is 344 g/mol. The number of phenolic OH excluding ortho intramolecular Hbond substituents is 4. The number of ether oxygens (including phenoxy) is 1. The third-order valence-electron chi connectivity index (χ3n) is 3.53. The van der Waals surface area contributed by atoms with Crippen LogP contribution in [0.4, 0.5) is 0 Å². The van der Waals surface area contributed by atoms with Gasteiger partial charge < -0.3 is 35.6 Å². The van der Waals surface area contributed by atoms with Crippen LogP contribution in [0.25, 0.3) is 0 Å². The fourth-order valence-corrected chi connectivity index (χ4v) is 2.21. The molecule has 0 saturated heterocycles. The lowest BCUT2D eigenvalue weighted by atomic mass is 10.2. The van der Waals surface area contributed by atoms with Crippen LogP contribution in [0.3, 0.4) is 0 Å². The lowest BCUT2D eigenvalue weighted by Crippen LogP contribution is -2.13. The summed E-state index contributed by atoms with van der Waals surface area (Å²) < 4.78 is 5.22. The quantitative estimate of drug-likeness (QED) is 0.459. The van der Waals surface area contributed by atoms with Crippen LogP contribution in [0.15, 0.2) is 53.3 Å². The predicted octanol–water partition coefficient (Wildman–Crippen LogP) is 1.24. The Labute approximate surface area is 142 Å². The van der Waals surface area contributed by atoms with E-state index >= 15 is 0 Å². The maximum absolute atomic E-state index is 9.89. The van der Waals surface area contributed by atoms with Gasteiger partial charge in [-0.05, 0) is 35.9 Å². The molecule has 0 bridgehead atoms. The first-order chi connectivity index (χ1) is 11.9. The van der Waals surface area contributed by atoms with Crippen LogP contribution in [0.1, 0.15) is 11.1 Å². The molecule has 0 unspecified atom stereocenters. The summed E-state index contributed by atoms with van der Waals surface area (Å²) in [5.74, 6) is -0.895. The lowest BCUT2D eigenvalue weighted by Gasteiger charge is -2.07. The van der Waals surface area contributed by atoms with Crippen molar-refractivity contribution in [2.45, 2.75) is 12.8 Å². The summed E-state index contributed by atoms with van der Waals surface area (Å²) >= 11 is 0. The van der Waals surface area contributed by atoms with E-state index in [0.717, 1.165) is 0 Å². The molecule has 0 saturated carbocycles. The number of benzene rings is 2. The number of aliphatic imine (C=N–C) groups is 1. The normalized spacial score (nSPS) is 18.0. The summed E-state index contributed by atoms with van der Waals surface area (Å²) in [5.41, 5.74) is 1.35. The van der Waals surface area contributed by atoms with Crippen LogP contribution in [0.5, 0.6) is 23.0 Å². The number of rotatable bonds is 4. The largest absolute Gasteiger partial charge is 0.504 e. The lowest BCUT2D eigenvalue weighted by molar-refractivity contribution is 0.0166. The number of aromatic hydroxyl groups is 4. The highest BCUT2D eigenvalue weighted by Gasteiger charge is 2.24. The van der Waals surface area contributed by atoms with Gasteiger partial charge in [0.1, 0.15) is 5.70 Å². The van der Waals surface area contributed by atoms with E-state index < -0.39 is 6.29 Å². The Morgan fingerprint density at radius 2 is 1.64 bits per heavy atom. The Kier molecular flexibility index (Phi) is 4.36. The monoisotopic (exact) mass is 344 g/mol. The van der Waals surface area contributed by atoms with Gasteiger partial charge >= 0.3 is 0 Å². The minimum Gasteiger partial charge on any atom is -0.504 e. The molecule has 0 fully saturated rings. The molecule has 130 valence electrons. The molecule has 2 aromatic rings. The van der Waals surface area contributed by atoms with Gasteiger partial charge in [-0.3, -0.25) is 0 Å². The zero-order valence-electron chi connectivity index (χ0n) is 12.9. The van der Waals surface area contributed by atoms with Crippen molar-refractivity contribution in [3.8, 4) is 23.0 Å². The van der Waals surface area contributed by atoms with Crippen LogP contribution in [0, 0.1) is 0 Å². The van der Waals surface area contributed by atoms with E-state index in [0.29, 0.717) is 17.7 Å². The van der Waals surface area contributed by atoms with Gasteiger partial charge in [0.15, 0.2) is 23.0 Å². The van der Waals surface area contributed by atoms with Gasteiger partial charge in [-0.25, -0.2) is 4.99 Å². The minimum atomic E-state index is -1.27. The highest BCUT2D eigenvalue weighted by Crippen LogP contribution is 2.28. The van der Waals surface area contributed by atoms with Gasteiger partial charge in [-0.2, -0.15) is 0 Å². The van der Waals surface area contributed by atoms with Crippen molar-refractivity contribution >= 4 is 5.90 Å². The van der Waals surface area contributed by atoms with E-state index in [1.165, 1.54) is 36.5 Å². The first-order valence-corrected chi connectivity index (χ1v) is 7.34. The molecule has 8 nitrogen and oxygen atoms in total. The molecule has 0 radical (unpaired) electrons. The second-order valence-corrected chi connectivity index (χ2v) is 5.36. The van der Waals surface area contributed by atoms with Gasteiger partial charge in [0.2, 0.25) is 12.2 Å². The van der Waals surface area contributed by atoms with Crippen LogP contribution < -0.4 is 5.32 Å². The standard InChI is InChI=1S/C17H16N2O6/c20-12-3-1-9(5-14(12)22)7-18-8-11-17(24)25-16(19-11)10-2-4-13(21)15(23)6-10/h1-6,8,17-18,20-24H,7H2/b11-8+/t17-/m0/s1. The van der Waals surface area contributed by atoms with Crippen LogP contribution in [-0.4, -0.2) is 37.7 Å². The Morgan fingerprint density at radius 3 is 2.32 bits per heavy atom. The molecule has 3 rings (SSSR count). The highest BCUT2D eigenvalue weighted by atomic mass is 16.6. The fraction of sp³-hybridized carbons (Fsp3) is 0.118. The van der Waals surface area contributed by atoms with Crippen LogP contribution in [0.2, 0.25) is 0 Å². The number of aliphatic hydroxyl groups is 1. The minimum absolute atomic E-state index is 0.109. The molecule has 1 atom stereocenters. The highest BCUT2D eigenvalue weighted by molar-refractivity contribution is 5.96. The molecule has 0 spiro atoms. The Morgan fingerprint density at radius 1 is 0.960 bits per heavy atom. The Bertz CT molecular complexity index is 862. The summed E-state index contributed by atoms with van der Waals surface area (Å²) in [6.07, 6.45) is 0.189. The number of hydrogen-bond donors (Lipinski definition) is 6. The molecule has 6 N–H and O–H groups in total. The van der Waals surface area contributed by atoms with Crippen LogP contribution in [-0.2, 0) is 11.3 Å². The summed E-state index contributed by atoms with van der Waals surface area (Å²) in [5, 5.41) is 50.4. The topological polar surface area (TPSA) is 135 Å². The second kappa shape index (κ2) is 6.62. The second-order valence-electron chi connectivity index (χ2n) is 5.36. The predicted molar refractivity (Wildman–Crippen MR) is 88.1 cm³/mol. The molecule has 0 amide bonds. The zero-order chi connectivity index (χ0) is 18.0. The number of hydrogen-bond acceptors (Lipinski definition) is 8. The van der Waals surface area contributed by atoms with Gasteiger partial charge in [-0.1, -0.05) is 6.07 Å². The van der Waals surface area contributed by atoms with Crippen molar-refractivity contribution in [3.63, 3.8) is 0 Å². The summed E-state index contributed by atoms with van der Waals surface area (Å²) in [7, 11) is 0.